The summed E-state index contributed by atoms with van der Waals surface area (Å²) in [5, 5.41) is 8.36. The molecule has 4 heteroatoms. The second kappa shape index (κ2) is 2.22. The van der Waals surface area contributed by atoms with E-state index >= 15 is 0 Å². The summed E-state index contributed by atoms with van der Waals surface area (Å²) in [6.07, 6.45) is 0. The summed E-state index contributed by atoms with van der Waals surface area (Å²) in [5.74, 6) is 0. The van der Waals surface area contributed by atoms with E-state index in [0.29, 0.717) is 0 Å². The minimum Gasteiger partial charge on any atom is -0.215 e. The van der Waals surface area contributed by atoms with Crippen LogP contribution < -0.4 is 0 Å². The highest BCUT2D eigenvalue weighted by molar-refractivity contribution is 4.50. The van der Waals surface area contributed by atoms with E-state index in [2.05, 4.69) is 34.3 Å². The van der Waals surface area contributed by atoms with Gasteiger partial charge in [0, 0.05) is 28.2 Å². The Morgan fingerprint density at radius 1 is 0.778 bits per heavy atom. The van der Waals surface area contributed by atoms with E-state index < -0.39 is 0 Å². The van der Waals surface area contributed by atoms with Crippen LogP contribution in [-0.2, 0) is 0 Å². The Kier molecular flexibility index (Phi) is 1.72. The summed E-state index contributed by atoms with van der Waals surface area (Å²) in [6, 6.07) is 0. The lowest BCUT2D eigenvalue weighted by Crippen LogP contribution is -2.39. The SMILES string of the molecule is CN1CN(C)N(C)N1C. The summed E-state index contributed by atoms with van der Waals surface area (Å²) in [7, 11) is 8.17. The molecule has 0 radical (unpaired) electrons. The predicted octanol–water partition coefficient (Wildman–Crippen LogP) is -0.570. The first kappa shape index (κ1) is 6.95. The van der Waals surface area contributed by atoms with Gasteiger partial charge in [-0.3, -0.25) is 0 Å². The lowest BCUT2D eigenvalue weighted by molar-refractivity contribution is -0.125. The van der Waals surface area contributed by atoms with Crippen LogP contribution >= 0.6 is 0 Å². The maximum Gasteiger partial charge on any atom is 0.0807 e. The molecule has 1 aliphatic rings. The minimum absolute atomic E-state index is 0.965. The zero-order valence-electron chi connectivity index (χ0n) is 6.50. The lowest BCUT2D eigenvalue weighted by atomic mass is 10.9. The van der Waals surface area contributed by atoms with E-state index in [0.717, 1.165) is 6.67 Å². The van der Waals surface area contributed by atoms with Gasteiger partial charge in [-0.25, -0.2) is 10.0 Å². The fourth-order valence-electron chi connectivity index (χ4n) is 0.921. The van der Waals surface area contributed by atoms with Crippen LogP contribution in [0.3, 0.4) is 0 Å². The van der Waals surface area contributed by atoms with Crippen LogP contribution in [0, 0.1) is 0 Å². The van der Waals surface area contributed by atoms with Crippen LogP contribution in [-0.4, -0.2) is 55.1 Å². The molecule has 54 valence electrons. The Bertz CT molecular complexity index is 93.1. The van der Waals surface area contributed by atoms with Crippen molar-refractivity contribution in [2.75, 3.05) is 34.9 Å². The topological polar surface area (TPSA) is 13.0 Å². The highest BCUT2D eigenvalue weighted by Crippen LogP contribution is 2.07. The van der Waals surface area contributed by atoms with Gasteiger partial charge in [0.05, 0.1) is 6.67 Å². The predicted molar refractivity (Wildman–Crippen MR) is 35.9 cm³/mol. The van der Waals surface area contributed by atoms with Gasteiger partial charge in [-0.2, -0.15) is 10.2 Å². The molecule has 1 rings (SSSR count). The van der Waals surface area contributed by atoms with Gasteiger partial charge in [-0.05, 0) is 0 Å². The summed E-state index contributed by atoms with van der Waals surface area (Å²) in [5.41, 5.74) is 0. The van der Waals surface area contributed by atoms with E-state index in [4.69, 9.17) is 0 Å². The first-order valence-corrected chi connectivity index (χ1v) is 3.02. The van der Waals surface area contributed by atoms with Gasteiger partial charge in [0.25, 0.3) is 0 Å². The molecule has 1 heterocycles. The zero-order valence-corrected chi connectivity index (χ0v) is 6.50. The largest absolute Gasteiger partial charge is 0.215 e. The Morgan fingerprint density at radius 2 is 1.11 bits per heavy atom. The van der Waals surface area contributed by atoms with Crippen LogP contribution in [0.4, 0.5) is 0 Å². The molecular formula is C5H14N4. The maximum atomic E-state index is 2.12. The third kappa shape index (κ3) is 1.07. The number of rotatable bonds is 0. The average Bonchev–Trinajstić information content (AvgIpc) is 1.98. The molecule has 0 amide bonds. The van der Waals surface area contributed by atoms with Crippen molar-refractivity contribution in [1.82, 2.24) is 20.3 Å². The zero-order chi connectivity index (χ0) is 7.02. The molecular weight excluding hydrogens is 116 g/mol. The number of hydrogen-bond acceptors (Lipinski definition) is 4. The smallest absolute Gasteiger partial charge is 0.0807 e. The molecule has 0 aliphatic carbocycles. The Balaban J connectivity index is 2.54. The van der Waals surface area contributed by atoms with Gasteiger partial charge in [-0.15, -0.1) is 0 Å². The third-order valence-corrected chi connectivity index (χ3v) is 1.82. The molecule has 0 aromatic heterocycles. The van der Waals surface area contributed by atoms with Crippen LogP contribution in [0.15, 0.2) is 0 Å². The maximum absolute atomic E-state index is 2.12. The Morgan fingerprint density at radius 3 is 1.22 bits per heavy atom. The number of hydrogen-bond donors (Lipinski definition) is 0. The summed E-state index contributed by atoms with van der Waals surface area (Å²) < 4.78 is 0. The van der Waals surface area contributed by atoms with E-state index in [9.17, 15) is 0 Å². The Hall–Kier alpha value is -0.160. The third-order valence-electron chi connectivity index (χ3n) is 1.82. The van der Waals surface area contributed by atoms with E-state index in [1.54, 1.807) is 0 Å². The Labute approximate surface area is 56.1 Å². The lowest BCUT2D eigenvalue weighted by Gasteiger charge is -2.24. The van der Waals surface area contributed by atoms with Gasteiger partial charge in [0.2, 0.25) is 0 Å². The summed E-state index contributed by atoms with van der Waals surface area (Å²) >= 11 is 0. The molecule has 0 aromatic carbocycles. The fraction of sp³-hybridized carbons (Fsp3) is 1.00. The molecule has 0 aromatic rings. The second-order valence-electron chi connectivity index (χ2n) is 2.44. The standard InChI is InChI=1S/C5H14N4/c1-6-5-7(2)9(4)8(6)3/h5H2,1-4H3. The van der Waals surface area contributed by atoms with Crippen LogP contribution in [0.5, 0.6) is 0 Å². The molecule has 0 N–H and O–H groups in total. The van der Waals surface area contributed by atoms with E-state index in [-0.39, 0.29) is 0 Å². The molecule has 0 bridgehead atoms. The quantitative estimate of drug-likeness (QED) is 0.435. The average molecular weight is 130 g/mol. The second-order valence-corrected chi connectivity index (χ2v) is 2.44. The first-order chi connectivity index (χ1) is 4.13. The van der Waals surface area contributed by atoms with Crippen LogP contribution in [0.1, 0.15) is 0 Å². The molecule has 0 atom stereocenters. The molecule has 0 saturated carbocycles. The van der Waals surface area contributed by atoms with Crippen LogP contribution in [0.25, 0.3) is 0 Å². The molecule has 0 spiro atoms. The van der Waals surface area contributed by atoms with Crippen molar-refractivity contribution in [2.24, 2.45) is 0 Å². The van der Waals surface area contributed by atoms with Crippen molar-refractivity contribution in [1.29, 1.82) is 0 Å². The van der Waals surface area contributed by atoms with E-state index in [1.807, 2.05) is 14.1 Å². The van der Waals surface area contributed by atoms with Crippen LogP contribution in [0.2, 0.25) is 0 Å². The fourth-order valence-corrected chi connectivity index (χ4v) is 0.921. The van der Waals surface area contributed by atoms with Crippen molar-refractivity contribution >= 4 is 0 Å². The first-order valence-electron chi connectivity index (χ1n) is 3.02. The number of nitrogens with zero attached hydrogens (tertiary/aromatic N) is 4. The molecule has 1 saturated heterocycles. The van der Waals surface area contributed by atoms with Crippen molar-refractivity contribution in [3.63, 3.8) is 0 Å². The minimum atomic E-state index is 0.965. The van der Waals surface area contributed by atoms with Crippen molar-refractivity contribution in [2.45, 2.75) is 0 Å². The molecule has 9 heavy (non-hydrogen) atoms. The summed E-state index contributed by atoms with van der Waals surface area (Å²) in [4.78, 5) is 0. The molecule has 0 unspecified atom stereocenters. The van der Waals surface area contributed by atoms with Gasteiger partial charge in [-0.1, -0.05) is 0 Å². The highest BCUT2D eigenvalue weighted by atomic mass is 16.0. The van der Waals surface area contributed by atoms with E-state index in [1.165, 1.54) is 0 Å². The number of hydrazine groups is 3. The molecule has 1 fully saturated rings. The molecule has 4 nitrogen and oxygen atoms in total. The van der Waals surface area contributed by atoms with Gasteiger partial charge in [0.15, 0.2) is 0 Å². The monoisotopic (exact) mass is 130 g/mol. The molecule has 1 aliphatic heterocycles. The van der Waals surface area contributed by atoms with Crippen molar-refractivity contribution < 1.29 is 0 Å². The normalized spacial score (nSPS) is 28.0. The highest BCUT2D eigenvalue weighted by Gasteiger charge is 2.23. The van der Waals surface area contributed by atoms with Gasteiger partial charge < -0.3 is 0 Å². The van der Waals surface area contributed by atoms with Gasteiger partial charge in [0.1, 0.15) is 0 Å². The van der Waals surface area contributed by atoms with Crippen molar-refractivity contribution in [3.05, 3.63) is 0 Å². The van der Waals surface area contributed by atoms with Crippen molar-refractivity contribution in [3.8, 4) is 0 Å². The summed E-state index contributed by atoms with van der Waals surface area (Å²) in [6.45, 7) is 0.965. The van der Waals surface area contributed by atoms with Gasteiger partial charge >= 0.3 is 0 Å².